The van der Waals surface area contributed by atoms with Crippen molar-refractivity contribution < 1.29 is 9.53 Å². The van der Waals surface area contributed by atoms with Gasteiger partial charge in [-0.2, -0.15) is 5.26 Å². The molecule has 8 heteroatoms. The maximum atomic E-state index is 12.1. The maximum absolute atomic E-state index is 12.1. The lowest BCUT2D eigenvalue weighted by Crippen LogP contribution is -2.59. The summed E-state index contributed by atoms with van der Waals surface area (Å²) < 4.78 is 6.24. The molecule has 5 heterocycles. The molecule has 3 aromatic rings. The third kappa shape index (κ3) is 3.74. The van der Waals surface area contributed by atoms with Crippen molar-refractivity contribution in [1.29, 1.82) is 5.26 Å². The number of benzene rings is 1. The minimum atomic E-state index is -0.342. The zero-order valence-corrected chi connectivity index (χ0v) is 22.2. The molecule has 1 N–H and O–H groups in total. The molecule has 0 unspecified atom stereocenters. The molecule has 190 valence electrons. The van der Waals surface area contributed by atoms with Gasteiger partial charge in [0.25, 0.3) is 0 Å². The first kappa shape index (κ1) is 24.0. The van der Waals surface area contributed by atoms with E-state index in [2.05, 4.69) is 49.4 Å². The lowest BCUT2D eigenvalue weighted by molar-refractivity contribution is -0.136. The molecule has 3 aliphatic heterocycles. The number of halogens is 1. The fourth-order valence-electron chi connectivity index (χ4n) is 6.31. The van der Waals surface area contributed by atoms with Gasteiger partial charge in [-0.25, -0.2) is 4.98 Å². The first-order chi connectivity index (χ1) is 17.6. The van der Waals surface area contributed by atoms with Gasteiger partial charge >= 0.3 is 0 Å². The fourth-order valence-corrected chi connectivity index (χ4v) is 6.52. The number of anilines is 1. The van der Waals surface area contributed by atoms with Crippen molar-refractivity contribution in [2.75, 3.05) is 31.1 Å². The number of pyridine rings is 1. The van der Waals surface area contributed by atoms with Gasteiger partial charge in [-0.05, 0) is 38.8 Å². The SMILES string of the molecule is C=CC(=O)N1CC2(CCN(c3nc4c(c(-c5c(C)ccc6c(Cl)c[nH]c56)c3C#N)COC(C)(C)C4)C2)C1. The number of hydrogen-bond acceptors (Lipinski definition) is 5. The number of likely N-dealkylation sites (tertiary alicyclic amines) is 1. The van der Waals surface area contributed by atoms with Crippen molar-refractivity contribution in [1.82, 2.24) is 14.9 Å². The van der Waals surface area contributed by atoms with Crippen LogP contribution in [-0.2, 0) is 22.6 Å². The molecule has 1 spiro atoms. The fraction of sp³-hybridized carbons (Fsp3) is 0.414. The van der Waals surface area contributed by atoms with Gasteiger partial charge in [0.1, 0.15) is 17.5 Å². The molecule has 2 aromatic heterocycles. The molecule has 0 radical (unpaired) electrons. The lowest BCUT2D eigenvalue weighted by atomic mass is 9.79. The van der Waals surface area contributed by atoms with Crippen LogP contribution in [0.1, 0.15) is 42.7 Å². The zero-order valence-electron chi connectivity index (χ0n) is 21.4. The Kier molecular flexibility index (Phi) is 5.41. The smallest absolute Gasteiger partial charge is 0.245 e. The number of aromatic amines is 1. The molecule has 0 bridgehead atoms. The van der Waals surface area contributed by atoms with Crippen LogP contribution < -0.4 is 4.90 Å². The van der Waals surface area contributed by atoms with E-state index in [1.54, 1.807) is 6.20 Å². The van der Waals surface area contributed by atoms with Crippen molar-refractivity contribution in [3.05, 3.63) is 58.4 Å². The monoisotopic (exact) mass is 515 g/mol. The van der Waals surface area contributed by atoms with Crippen LogP contribution in [0.4, 0.5) is 5.82 Å². The highest BCUT2D eigenvalue weighted by Gasteiger charge is 2.49. The van der Waals surface area contributed by atoms with Crippen LogP contribution in [0.15, 0.2) is 31.0 Å². The van der Waals surface area contributed by atoms with Crippen LogP contribution in [0.25, 0.3) is 22.0 Å². The Morgan fingerprint density at radius 2 is 2.08 bits per heavy atom. The van der Waals surface area contributed by atoms with Gasteiger partial charge in [0.15, 0.2) is 0 Å². The molecule has 0 aliphatic carbocycles. The Morgan fingerprint density at radius 3 is 2.81 bits per heavy atom. The van der Waals surface area contributed by atoms with Gasteiger partial charge in [0.05, 0.1) is 28.4 Å². The summed E-state index contributed by atoms with van der Waals surface area (Å²) in [5.74, 6) is 0.708. The Labute approximate surface area is 221 Å². The molecular formula is C29H30ClN5O2. The number of aromatic nitrogens is 2. The number of carbonyl (C=O) groups excluding carboxylic acids is 1. The van der Waals surface area contributed by atoms with Gasteiger partial charge in [0, 0.05) is 66.3 Å². The minimum absolute atomic E-state index is 0.0219. The standard InChI is InChI=1S/C29H30ClN5O2/c1-5-23(36)35-15-29(16-35)8-9-34(14-29)27-19(11-31)25(20-13-37-28(3,4)10-22(20)33-27)24-17(2)6-7-18-21(30)12-32-26(18)24/h5-7,12,32H,1,8-10,13-16H2,2-4H3. The van der Waals surface area contributed by atoms with Crippen molar-refractivity contribution in [2.24, 2.45) is 5.41 Å². The summed E-state index contributed by atoms with van der Waals surface area (Å²) in [7, 11) is 0. The van der Waals surface area contributed by atoms with Crippen LogP contribution >= 0.6 is 11.6 Å². The average molecular weight is 516 g/mol. The zero-order chi connectivity index (χ0) is 26.1. The number of nitriles is 1. The summed E-state index contributed by atoms with van der Waals surface area (Å²) in [4.78, 5) is 24.6. The Balaban J connectivity index is 1.51. The first-order valence-electron chi connectivity index (χ1n) is 12.7. The average Bonchev–Trinajstić information content (AvgIpc) is 3.45. The largest absolute Gasteiger partial charge is 0.370 e. The second-order valence-corrected chi connectivity index (χ2v) is 11.7. The number of fused-ring (bicyclic) bond motifs is 2. The van der Waals surface area contributed by atoms with E-state index in [1.807, 2.05) is 11.0 Å². The highest BCUT2D eigenvalue weighted by atomic mass is 35.5. The normalized spacial score (nSPS) is 19.5. The second kappa shape index (κ2) is 8.34. The van der Waals surface area contributed by atoms with Crippen molar-refractivity contribution in [3.63, 3.8) is 0 Å². The molecule has 2 saturated heterocycles. The summed E-state index contributed by atoms with van der Waals surface area (Å²) in [6, 6.07) is 6.60. The number of amides is 1. The number of nitrogens with zero attached hydrogens (tertiary/aromatic N) is 4. The highest BCUT2D eigenvalue weighted by molar-refractivity contribution is 6.36. The number of hydrogen-bond donors (Lipinski definition) is 1. The summed E-state index contributed by atoms with van der Waals surface area (Å²) in [6.07, 6.45) is 4.80. The summed E-state index contributed by atoms with van der Waals surface area (Å²) in [5.41, 5.74) is 6.05. The van der Waals surface area contributed by atoms with Crippen LogP contribution in [0.3, 0.4) is 0 Å². The number of H-pyrrole nitrogens is 1. The number of nitrogens with one attached hydrogen (secondary N) is 1. The Morgan fingerprint density at radius 1 is 1.30 bits per heavy atom. The molecule has 0 saturated carbocycles. The second-order valence-electron chi connectivity index (χ2n) is 11.3. The Bertz CT molecular complexity index is 1510. The molecule has 0 atom stereocenters. The molecular weight excluding hydrogens is 486 g/mol. The lowest BCUT2D eigenvalue weighted by Gasteiger charge is -2.47. The van der Waals surface area contributed by atoms with E-state index >= 15 is 0 Å². The summed E-state index contributed by atoms with van der Waals surface area (Å²) >= 11 is 6.50. The van der Waals surface area contributed by atoms with Gasteiger partial charge in [0.2, 0.25) is 5.91 Å². The Hall–Kier alpha value is -3.34. The summed E-state index contributed by atoms with van der Waals surface area (Å²) in [5, 5.41) is 12.2. The third-order valence-corrected chi connectivity index (χ3v) is 8.53. The van der Waals surface area contributed by atoms with E-state index in [0.717, 1.165) is 64.2 Å². The van der Waals surface area contributed by atoms with Gasteiger partial charge < -0.3 is 19.5 Å². The van der Waals surface area contributed by atoms with Gasteiger partial charge in [-0.15, -0.1) is 0 Å². The van der Waals surface area contributed by atoms with Crippen molar-refractivity contribution in [2.45, 2.75) is 45.8 Å². The van der Waals surface area contributed by atoms with Crippen LogP contribution in [-0.4, -0.2) is 52.6 Å². The van der Waals surface area contributed by atoms with Gasteiger partial charge in [-0.3, -0.25) is 4.79 Å². The molecule has 1 aromatic carbocycles. The van der Waals surface area contributed by atoms with E-state index in [-0.39, 0.29) is 16.9 Å². The molecule has 6 rings (SSSR count). The van der Waals surface area contributed by atoms with Crippen LogP contribution in [0.2, 0.25) is 5.02 Å². The van der Waals surface area contributed by atoms with Crippen LogP contribution in [0, 0.1) is 23.7 Å². The van der Waals surface area contributed by atoms with Crippen LogP contribution in [0.5, 0.6) is 0 Å². The van der Waals surface area contributed by atoms with E-state index in [1.165, 1.54) is 6.08 Å². The predicted octanol–water partition coefficient (Wildman–Crippen LogP) is 5.14. The third-order valence-electron chi connectivity index (χ3n) is 8.22. The highest BCUT2D eigenvalue weighted by Crippen LogP contribution is 2.46. The van der Waals surface area contributed by atoms with E-state index in [9.17, 15) is 10.1 Å². The molecule has 37 heavy (non-hydrogen) atoms. The number of ether oxygens (including phenoxy) is 1. The number of carbonyl (C=O) groups is 1. The topological polar surface area (TPSA) is 85.3 Å². The quantitative estimate of drug-likeness (QED) is 0.488. The maximum Gasteiger partial charge on any atom is 0.245 e. The molecule has 1 amide bonds. The molecule has 7 nitrogen and oxygen atoms in total. The first-order valence-corrected chi connectivity index (χ1v) is 13.1. The predicted molar refractivity (Wildman–Crippen MR) is 145 cm³/mol. The van der Waals surface area contributed by atoms with E-state index < -0.39 is 0 Å². The number of rotatable bonds is 3. The molecule has 3 aliphatic rings. The van der Waals surface area contributed by atoms with Gasteiger partial charge in [-0.1, -0.05) is 30.3 Å². The van der Waals surface area contributed by atoms with Crippen molar-refractivity contribution in [3.8, 4) is 17.2 Å². The van der Waals surface area contributed by atoms with E-state index in [0.29, 0.717) is 36.7 Å². The van der Waals surface area contributed by atoms with E-state index in [4.69, 9.17) is 21.3 Å². The summed E-state index contributed by atoms with van der Waals surface area (Å²) in [6.45, 7) is 13.2. The molecule has 2 fully saturated rings. The van der Waals surface area contributed by atoms with Crippen molar-refractivity contribution >= 4 is 34.2 Å². The minimum Gasteiger partial charge on any atom is -0.370 e. The number of aryl methyl sites for hydroxylation is 1.